The monoisotopic (exact) mass is 304 g/mol. The lowest BCUT2D eigenvalue weighted by Gasteiger charge is -2.35. The van der Waals surface area contributed by atoms with Crippen molar-refractivity contribution in [3.8, 4) is 0 Å². The van der Waals surface area contributed by atoms with E-state index in [1.165, 1.54) is 16.6 Å². The molecule has 1 aromatic rings. The first-order valence-corrected chi connectivity index (χ1v) is 8.16. The van der Waals surface area contributed by atoms with E-state index in [9.17, 15) is 12.8 Å². The van der Waals surface area contributed by atoms with Crippen LogP contribution in [-0.4, -0.2) is 35.2 Å². The van der Waals surface area contributed by atoms with Crippen molar-refractivity contribution < 1.29 is 12.8 Å². The highest BCUT2D eigenvalue weighted by atomic mass is 35.5. The molecule has 19 heavy (non-hydrogen) atoms. The molecule has 104 valence electrons. The van der Waals surface area contributed by atoms with Gasteiger partial charge in [-0.15, -0.1) is 11.6 Å². The molecule has 0 radical (unpaired) electrons. The number of fused-ring (bicyclic) bond motifs is 2. The number of hydrogen-bond donors (Lipinski definition) is 0. The van der Waals surface area contributed by atoms with Crippen molar-refractivity contribution in [1.29, 1.82) is 0 Å². The van der Waals surface area contributed by atoms with Gasteiger partial charge in [0.05, 0.1) is 0 Å². The number of alkyl halides is 1. The third-order valence-electron chi connectivity index (χ3n) is 3.86. The van der Waals surface area contributed by atoms with Crippen LogP contribution in [0, 0.1) is 5.82 Å². The molecule has 0 aliphatic carbocycles. The summed E-state index contributed by atoms with van der Waals surface area (Å²) in [6.07, 6.45) is 4.15. The molecule has 0 amide bonds. The molecule has 7 heteroatoms. The normalized spacial score (nSPS) is 31.6. The number of rotatable bonds is 2. The average Bonchev–Trinajstić information content (AvgIpc) is 2.63. The molecule has 0 saturated carbocycles. The van der Waals surface area contributed by atoms with Crippen LogP contribution in [0.4, 0.5) is 4.39 Å². The summed E-state index contributed by atoms with van der Waals surface area (Å²) in [5.41, 5.74) is 0. The molecule has 2 aliphatic rings. The minimum absolute atomic E-state index is 0.0116. The summed E-state index contributed by atoms with van der Waals surface area (Å²) >= 11 is 6.13. The lowest BCUT2D eigenvalue weighted by Crippen LogP contribution is -2.47. The van der Waals surface area contributed by atoms with Crippen molar-refractivity contribution >= 4 is 21.6 Å². The number of halogens is 2. The lowest BCUT2D eigenvalue weighted by atomic mass is 10.1. The van der Waals surface area contributed by atoms with Gasteiger partial charge in [0.15, 0.2) is 5.82 Å². The van der Waals surface area contributed by atoms with E-state index in [-0.39, 0.29) is 17.5 Å². The van der Waals surface area contributed by atoms with Crippen LogP contribution >= 0.6 is 11.6 Å². The van der Waals surface area contributed by atoms with Gasteiger partial charge in [-0.1, -0.05) is 0 Å². The van der Waals surface area contributed by atoms with Gasteiger partial charge in [0.1, 0.15) is 0 Å². The second kappa shape index (κ2) is 4.68. The van der Waals surface area contributed by atoms with E-state index in [1.807, 2.05) is 0 Å². The second-order valence-corrected chi connectivity index (χ2v) is 7.45. The van der Waals surface area contributed by atoms with E-state index in [0.29, 0.717) is 12.8 Å². The third-order valence-corrected chi connectivity index (χ3v) is 6.15. The first-order chi connectivity index (χ1) is 9.00. The molecular weight excluding hydrogens is 291 g/mol. The molecular formula is C12H14ClFN2O2S. The summed E-state index contributed by atoms with van der Waals surface area (Å²) in [5.74, 6) is -0.796. The number of pyridine rings is 1. The van der Waals surface area contributed by atoms with Gasteiger partial charge in [-0.05, 0) is 37.8 Å². The van der Waals surface area contributed by atoms with Crippen LogP contribution in [-0.2, 0) is 10.0 Å². The predicted molar refractivity (Wildman–Crippen MR) is 68.9 cm³/mol. The molecule has 2 bridgehead atoms. The summed E-state index contributed by atoms with van der Waals surface area (Å²) in [4.78, 5) is 3.70. The van der Waals surface area contributed by atoms with Gasteiger partial charge >= 0.3 is 0 Å². The maximum atomic E-state index is 13.7. The molecule has 2 atom stereocenters. The van der Waals surface area contributed by atoms with Gasteiger partial charge in [0, 0.05) is 23.7 Å². The molecule has 0 aromatic carbocycles. The molecule has 2 aliphatic heterocycles. The second-order valence-electron chi connectivity index (χ2n) is 5.08. The minimum Gasteiger partial charge on any atom is -0.241 e. The molecule has 2 fully saturated rings. The molecule has 2 unspecified atom stereocenters. The van der Waals surface area contributed by atoms with Gasteiger partial charge < -0.3 is 0 Å². The Hall–Kier alpha value is -0.720. The Morgan fingerprint density at radius 3 is 2.53 bits per heavy atom. The Kier molecular flexibility index (Phi) is 3.27. The number of hydrogen-bond acceptors (Lipinski definition) is 3. The maximum absolute atomic E-state index is 13.7. The fourth-order valence-corrected chi connectivity index (χ4v) is 5.41. The van der Waals surface area contributed by atoms with Crippen molar-refractivity contribution in [3.05, 3.63) is 24.1 Å². The van der Waals surface area contributed by atoms with Crippen LogP contribution in [0.3, 0.4) is 0 Å². The fraction of sp³-hybridized carbons (Fsp3) is 0.583. The Balaban J connectivity index is 2.01. The van der Waals surface area contributed by atoms with Crippen LogP contribution in [0.25, 0.3) is 0 Å². The Bertz CT molecular complexity index is 581. The average molecular weight is 305 g/mol. The SMILES string of the molecule is O=S(=O)(c1ncccc1F)N1C2CCC1CC(Cl)C2. The van der Waals surface area contributed by atoms with Crippen LogP contribution in [0.15, 0.2) is 23.4 Å². The summed E-state index contributed by atoms with van der Waals surface area (Å²) in [5, 5.41) is -0.461. The first kappa shape index (κ1) is 13.3. The number of piperidine rings is 1. The van der Waals surface area contributed by atoms with Crippen LogP contribution in [0.1, 0.15) is 25.7 Å². The van der Waals surface area contributed by atoms with E-state index < -0.39 is 20.9 Å². The van der Waals surface area contributed by atoms with E-state index in [0.717, 1.165) is 18.9 Å². The molecule has 3 rings (SSSR count). The van der Waals surface area contributed by atoms with E-state index >= 15 is 0 Å². The van der Waals surface area contributed by atoms with Gasteiger partial charge in [-0.3, -0.25) is 0 Å². The molecule has 4 nitrogen and oxygen atoms in total. The summed E-state index contributed by atoms with van der Waals surface area (Å²) in [6, 6.07) is 2.27. The van der Waals surface area contributed by atoms with Crippen LogP contribution in [0.5, 0.6) is 0 Å². The van der Waals surface area contributed by atoms with Crippen LogP contribution < -0.4 is 0 Å². The number of sulfonamides is 1. The predicted octanol–water partition coefficient (Wildman–Crippen LogP) is 2.14. The van der Waals surface area contributed by atoms with Crippen molar-refractivity contribution in [3.63, 3.8) is 0 Å². The molecule has 0 spiro atoms. The highest BCUT2D eigenvalue weighted by Gasteiger charge is 2.47. The Morgan fingerprint density at radius 2 is 1.95 bits per heavy atom. The zero-order chi connectivity index (χ0) is 13.6. The molecule has 2 saturated heterocycles. The highest BCUT2D eigenvalue weighted by molar-refractivity contribution is 7.89. The number of aromatic nitrogens is 1. The van der Waals surface area contributed by atoms with E-state index in [2.05, 4.69) is 4.98 Å². The summed E-state index contributed by atoms with van der Waals surface area (Å²) in [7, 11) is -3.86. The van der Waals surface area contributed by atoms with Crippen molar-refractivity contribution in [2.45, 2.75) is 48.2 Å². The molecule has 0 N–H and O–H groups in total. The zero-order valence-corrected chi connectivity index (χ0v) is 11.7. The highest BCUT2D eigenvalue weighted by Crippen LogP contribution is 2.41. The summed E-state index contributed by atoms with van der Waals surface area (Å²) < 4.78 is 40.2. The standard InChI is InChI=1S/C12H14ClFN2O2S/c13-8-6-9-3-4-10(7-8)16(9)19(17,18)12-11(14)2-1-5-15-12/h1-2,5,8-10H,3-4,6-7H2. The Morgan fingerprint density at radius 1 is 1.32 bits per heavy atom. The quantitative estimate of drug-likeness (QED) is 0.787. The van der Waals surface area contributed by atoms with E-state index in [4.69, 9.17) is 11.6 Å². The van der Waals surface area contributed by atoms with Crippen molar-refractivity contribution in [1.82, 2.24) is 9.29 Å². The Labute approximate surface area is 116 Å². The summed E-state index contributed by atoms with van der Waals surface area (Å²) in [6.45, 7) is 0. The topological polar surface area (TPSA) is 50.3 Å². The van der Waals surface area contributed by atoms with Gasteiger partial charge in [0.25, 0.3) is 10.0 Å². The van der Waals surface area contributed by atoms with Crippen molar-refractivity contribution in [2.24, 2.45) is 0 Å². The van der Waals surface area contributed by atoms with Gasteiger partial charge in [-0.2, -0.15) is 4.31 Å². The fourth-order valence-electron chi connectivity index (χ4n) is 3.12. The van der Waals surface area contributed by atoms with Crippen LogP contribution in [0.2, 0.25) is 0 Å². The third kappa shape index (κ3) is 2.15. The maximum Gasteiger partial charge on any atom is 0.264 e. The largest absolute Gasteiger partial charge is 0.264 e. The first-order valence-electron chi connectivity index (χ1n) is 6.28. The van der Waals surface area contributed by atoms with Crippen molar-refractivity contribution in [2.75, 3.05) is 0 Å². The van der Waals surface area contributed by atoms with Gasteiger partial charge in [0.2, 0.25) is 5.03 Å². The van der Waals surface area contributed by atoms with E-state index in [1.54, 1.807) is 0 Å². The van der Waals surface area contributed by atoms with Gasteiger partial charge in [-0.25, -0.2) is 17.8 Å². The zero-order valence-electron chi connectivity index (χ0n) is 10.2. The lowest BCUT2D eigenvalue weighted by molar-refractivity contribution is 0.249. The number of nitrogens with zero attached hydrogens (tertiary/aromatic N) is 2. The molecule has 1 aromatic heterocycles. The minimum atomic E-state index is -3.86. The smallest absolute Gasteiger partial charge is 0.241 e. The molecule has 3 heterocycles.